The van der Waals surface area contributed by atoms with Crippen molar-refractivity contribution in [1.82, 2.24) is 24.8 Å². The maximum absolute atomic E-state index is 14.5. The Kier molecular flexibility index (Phi) is 9.61. The molecule has 3 heterocycles. The average molecular weight is 684 g/mol. The number of benzene rings is 2. The Hall–Kier alpha value is -4.58. The Morgan fingerprint density at radius 2 is 1.73 bits per heavy atom. The largest absolute Gasteiger partial charge is 0.475 e. The molecule has 12 heteroatoms. The number of aromatic nitrogens is 4. The van der Waals surface area contributed by atoms with Gasteiger partial charge in [0, 0.05) is 30.8 Å². The molecule has 1 aliphatic carbocycles. The highest BCUT2D eigenvalue weighted by atomic mass is 32.2. The number of nitrogens with one attached hydrogen (secondary N) is 1. The van der Waals surface area contributed by atoms with Gasteiger partial charge in [0.1, 0.15) is 12.4 Å². The molecule has 0 spiro atoms. The van der Waals surface area contributed by atoms with E-state index in [1.807, 2.05) is 39.1 Å². The Balaban J connectivity index is 1.45. The number of rotatable bonds is 8. The number of hydrogen-bond acceptors (Lipinski definition) is 9. The van der Waals surface area contributed by atoms with Gasteiger partial charge in [-0.2, -0.15) is 4.98 Å². The third kappa shape index (κ3) is 8.36. The van der Waals surface area contributed by atoms with Crippen molar-refractivity contribution in [3.63, 3.8) is 0 Å². The number of carbonyl (C=O) groups excluding carboxylic acids is 1. The van der Waals surface area contributed by atoms with Crippen molar-refractivity contribution in [2.24, 2.45) is 11.3 Å². The molecular weight excluding hydrogens is 639 g/mol. The summed E-state index contributed by atoms with van der Waals surface area (Å²) in [5, 5.41) is 0. The van der Waals surface area contributed by atoms with Crippen molar-refractivity contribution in [3.05, 3.63) is 83.3 Å². The monoisotopic (exact) mass is 683 g/mol. The number of anilines is 2. The topological polar surface area (TPSA) is 131 Å². The molecule has 1 aliphatic heterocycles. The summed E-state index contributed by atoms with van der Waals surface area (Å²) < 4.78 is 36.4. The molecule has 0 unspecified atom stereocenters. The maximum atomic E-state index is 14.5. The zero-order valence-corrected chi connectivity index (χ0v) is 29.9. The summed E-state index contributed by atoms with van der Waals surface area (Å²) in [5.74, 6) is 1.18. The molecule has 1 N–H and O–H groups in total. The van der Waals surface area contributed by atoms with Gasteiger partial charge in [-0.1, -0.05) is 45.0 Å². The lowest BCUT2D eigenvalue weighted by molar-refractivity contribution is 0.0549. The highest BCUT2D eigenvalue weighted by Crippen LogP contribution is 2.32. The van der Waals surface area contributed by atoms with Crippen LogP contribution in [0.15, 0.2) is 65.8 Å². The molecule has 6 rings (SSSR count). The summed E-state index contributed by atoms with van der Waals surface area (Å²) in [6.45, 7) is 11.6. The molecule has 258 valence electrons. The lowest BCUT2D eigenvalue weighted by atomic mass is 9.88. The van der Waals surface area contributed by atoms with Crippen LogP contribution in [-0.4, -0.2) is 65.4 Å². The van der Waals surface area contributed by atoms with Crippen LogP contribution in [0.25, 0.3) is 11.3 Å². The van der Waals surface area contributed by atoms with Gasteiger partial charge in [0.25, 0.3) is 15.9 Å². The number of aryl methyl sites for hydroxylation is 2. The molecule has 11 nitrogen and oxygen atoms in total. The predicted octanol–water partition coefficient (Wildman–Crippen LogP) is 6.43. The fourth-order valence-corrected chi connectivity index (χ4v) is 7.11. The Labute approximate surface area is 289 Å². The van der Waals surface area contributed by atoms with Gasteiger partial charge >= 0.3 is 0 Å². The number of ether oxygens (including phenoxy) is 1. The highest BCUT2D eigenvalue weighted by Gasteiger charge is 2.31. The number of hydrogen-bond donors (Lipinski definition) is 1. The van der Waals surface area contributed by atoms with E-state index in [1.54, 1.807) is 35.5 Å². The summed E-state index contributed by atoms with van der Waals surface area (Å²) >= 11 is 0. The fraction of sp³-hybridized carbons (Fsp3) is 0.432. The second-order valence-corrected chi connectivity index (χ2v) is 16.2. The Morgan fingerprint density at radius 1 is 1.00 bits per heavy atom. The van der Waals surface area contributed by atoms with Crippen molar-refractivity contribution in [2.75, 3.05) is 29.8 Å². The van der Waals surface area contributed by atoms with E-state index < -0.39 is 16.1 Å². The van der Waals surface area contributed by atoms with Crippen LogP contribution in [0.5, 0.6) is 5.88 Å². The molecule has 4 bridgehead atoms. The number of carbonyl (C=O) groups is 1. The zero-order valence-electron chi connectivity index (χ0n) is 29.1. The van der Waals surface area contributed by atoms with Crippen molar-refractivity contribution in [1.29, 1.82) is 0 Å². The number of fused-ring (bicyclic) bond motifs is 4. The van der Waals surface area contributed by atoms with Crippen LogP contribution in [0, 0.1) is 25.2 Å². The van der Waals surface area contributed by atoms with Crippen LogP contribution in [0.4, 0.5) is 11.8 Å². The first-order valence-electron chi connectivity index (χ1n) is 16.8. The van der Waals surface area contributed by atoms with Crippen molar-refractivity contribution < 1.29 is 17.9 Å². The number of amides is 1. The van der Waals surface area contributed by atoms with Crippen LogP contribution in [-0.2, 0) is 16.6 Å². The van der Waals surface area contributed by atoms with Gasteiger partial charge in [-0.15, -0.1) is 0 Å². The van der Waals surface area contributed by atoms with Gasteiger partial charge in [0.15, 0.2) is 0 Å². The van der Waals surface area contributed by atoms with Crippen molar-refractivity contribution >= 4 is 27.7 Å². The molecule has 1 amide bonds. The Morgan fingerprint density at radius 3 is 2.45 bits per heavy atom. The minimum atomic E-state index is -4.17. The molecule has 49 heavy (non-hydrogen) atoms. The summed E-state index contributed by atoms with van der Waals surface area (Å²) in [7, 11) is -2.16. The molecular formula is C37H45N7O4S. The quantitative estimate of drug-likeness (QED) is 0.223. The second kappa shape index (κ2) is 13.7. The lowest BCUT2D eigenvalue weighted by Crippen LogP contribution is -2.44. The summed E-state index contributed by atoms with van der Waals surface area (Å²) in [6, 6.07) is 13.3. The first-order chi connectivity index (χ1) is 23.3. The van der Waals surface area contributed by atoms with Crippen LogP contribution in [0.2, 0.25) is 0 Å². The second-order valence-electron chi connectivity index (χ2n) is 14.5. The smallest absolute Gasteiger partial charge is 0.264 e. The van der Waals surface area contributed by atoms with E-state index in [9.17, 15) is 13.2 Å². The average Bonchev–Trinajstić information content (AvgIpc) is 3.87. The molecule has 2 aromatic carbocycles. The molecule has 4 aromatic rings. The molecule has 1 atom stereocenters. The molecule has 2 aliphatic rings. The van der Waals surface area contributed by atoms with E-state index in [-0.39, 0.29) is 46.8 Å². The van der Waals surface area contributed by atoms with Crippen LogP contribution in [0.3, 0.4) is 0 Å². The third-order valence-corrected chi connectivity index (χ3v) is 10.4. The maximum Gasteiger partial charge on any atom is 0.264 e. The lowest BCUT2D eigenvalue weighted by Gasteiger charge is -2.33. The predicted molar refractivity (Wildman–Crippen MR) is 190 cm³/mol. The SMILES string of the molecule is Cc1cccc(C)c1-c1cc2nc(n1)NS(=O)(=O)c1cccc(c1)C(=O)N(Cc1cncc(N(C)CC3CC3)n1)[C@H](CCC(C)(C)C)CO2. The van der Waals surface area contributed by atoms with Gasteiger partial charge in [-0.05, 0) is 80.2 Å². The normalized spacial score (nSPS) is 17.6. The van der Waals surface area contributed by atoms with Crippen molar-refractivity contribution in [3.8, 4) is 17.1 Å². The molecule has 1 saturated carbocycles. The molecule has 0 saturated heterocycles. The zero-order chi connectivity index (χ0) is 34.9. The molecule has 0 radical (unpaired) electrons. The van der Waals surface area contributed by atoms with E-state index in [2.05, 4.69) is 45.3 Å². The minimum absolute atomic E-state index is 0.0172. The molecule has 1 fully saturated rings. The summed E-state index contributed by atoms with van der Waals surface area (Å²) in [4.78, 5) is 36.8. The van der Waals surface area contributed by atoms with Gasteiger partial charge in [0.2, 0.25) is 11.8 Å². The summed E-state index contributed by atoms with van der Waals surface area (Å²) in [5.41, 5.74) is 4.21. The number of nitrogens with zero attached hydrogens (tertiary/aromatic N) is 6. The molecule has 2 aromatic heterocycles. The van der Waals surface area contributed by atoms with Gasteiger partial charge in [-0.25, -0.2) is 23.1 Å². The standard InChI is InChI=1S/C37H45N7O4S/c1-24-9-7-10-25(2)34(24)31-18-33-41-36(40-31)42-49(46,47)30-12-8-11-27(17-30)35(45)44(29(23-48-33)15-16-37(3,4)5)22-28-19-38-20-32(39-28)43(6)21-26-13-14-26/h7-12,17-20,26,29H,13-16,21-23H2,1-6H3,(H,40,41,42)/t29-/m1/s1. The van der Waals surface area contributed by atoms with Gasteiger partial charge in [-0.3, -0.25) is 9.78 Å². The third-order valence-electron chi connectivity index (χ3n) is 9.03. The van der Waals surface area contributed by atoms with E-state index >= 15 is 0 Å². The van der Waals surface area contributed by atoms with Crippen LogP contribution < -0.4 is 14.4 Å². The number of sulfonamides is 1. The first-order valence-corrected chi connectivity index (χ1v) is 18.3. The van der Waals surface area contributed by atoms with Crippen molar-refractivity contribution in [2.45, 2.75) is 77.8 Å². The van der Waals surface area contributed by atoms with Gasteiger partial charge in [0.05, 0.1) is 41.3 Å². The van der Waals surface area contributed by atoms with E-state index in [1.165, 1.54) is 25.0 Å². The van der Waals surface area contributed by atoms with Gasteiger partial charge < -0.3 is 14.5 Å². The summed E-state index contributed by atoms with van der Waals surface area (Å²) in [6.07, 6.45) is 7.30. The highest BCUT2D eigenvalue weighted by molar-refractivity contribution is 7.92. The van der Waals surface area contributed by atoms with E-state index in [0.29, 0.717) is 23.7 Å². The van der Waals surface area contributed by atoms with Crippen LogP contribution >= 0.6 is 0 Å². The fourth-order valence-electron chi connectivity index (χ4n) is 6.12. The first kappa shape index (κ1) is 34.3. The van der Waals surface area contributed by atoms with E-state index in [0.717, 1.165) is 35.5 Å². The minimum Gasteiger partial charge on any atom is -0.475 e. The Bertz CT molecular complexity index is 1940. The van der Waals surface area contributed by atoms with E-state index in [4.69, 9.17) is 9.72 Å². The van der Waals surface area contributed by atoms with Crippen LogP contribution in [0.1, 0.15) is 73.6 Å².